The zero-order chi connectivity index (χ0) is 11.6. The van der Waals surface area contributed by atoms with E-state index in [0.29, 0.717) is 28.0 Å². The van der Waals surface area contributed by atoms with E-state index in [2.05, 4.69) is 31.9 Å². The van der Waals surface area contributed by atoms with E-state index in [-0.39, 0.29) is 23.7 Å². The minimum Gasteiger partial charge on any atom is -0.282 e. The van der Waals surface area contributed by atoms with Gasteiger partial charge in [-0.1, -0.05) is 31.9 Å². The van der Waals surface area contributed by atoms with Gasteiger partial charge >= 0.3 is 0 Å². The van der Waals surface area contributed by atoms with Crippen LogP contribution in [0.15, 0.2) is 0 Å². The molecule has 0 aromatic heterocycles. The molecule has 0 N–H and O–H groups in total. The maximum absolute atomic E-state index is 12.1. The summed E-state index contributed by atoms with van der Waals surface area (Å²) in [6.07, 6.45) is 1.01. The van der Waals surface area contributed by atoms with Crippen LogP contribution >= 0.6 is 31.9 Å². The van der Waals surface area contributed by atoms with Crippen molar-refractivity contribution >= 4 is 43.7 Å². The van der Waals surface area contributed by atoms with Crippen molar-refractivity contribution in [1.29, 1.82) is 0 Å². The van der Waals surface area contributed by atoms with Crippen LogP contribution in [0.3, 0.4) is 0 Å². The largest absolute Gasteiger partial charge is 0.282 e. The second-order valence-corrected chi connectivity index (χ2v) is 7.04. The smallest absolute Gasteiger partial charge is 0.233 e. The molecule has 2 bridgehead atoms. The van der Waals surface area contributed by atoms with E-state index in [9.17, 15) is 9.59 Å². The van der Waals surface area contributed by atoms with Gasteiger partial charge in [0.1, 0.15) is 0 Å². The fourth-order valence-electron chi connectivity index (χ4n) is 3.72. The number of hydrogen-bond acceptors (Lipinski definition) is 2. The third-order valence-electron chi connectivity index (χ3n) is 4.39. The summed E-state index contributed by atoms with van der Waals surface area (Å²) in [5.41, 5.74) is 0. The molecule has 3 nitrogen and oxygen atoms in total. The standard InChI is InChI=1S/C11H13Br2NO2/c1-2-14-10(15)6-4-3-5(7(6)11(14)16)9(13)8(4)12/h4-9H,2-3H2,1H3. The van der Waals surface area contributed by atoms with Crippen molar-refractivity contribution in [2.24, 2.45) is 23.7 Å². The fourth-order valence-corrected chi connectivity index (χ4v) is 5.60. The number of hydrogen-bond donors (Lipinski definition) is 0. The number of likely N-dealkylation sites (tertiary alicyclic amines) is 1. The van der Waals surface area contributed by atoms with Crippen LogP contribution in [-0.2, 0) is 9.59 Å². The zero-order valence-corrected chi connectivity index (χ0v) is 12.1. The van der Waals surface area contributed by atoms with Gasteiger partial charge in [0.2, 0.25) is 11.8 Å². The number of carbonyl (C=O) groups is 2. The Labute approximate surface area is 111 Å². The average Bonchev–Trinajstić information content (AvgIpc) is 2.84. The Morgan fingerprint density at radius 3 is 1.94 bits per heavy atom. The van der Waals surface area contributed by atoms with Crippen LogP contribution in [0.5, 0.6) is 0 Å². The topological polar surface area (TPSA) is 37.4 Å². The second kappa shape index (κ2) is 3.55. The summed E-state index contributed by atoms with van der Waals surface area (Å²) >= 11 is 7.32. The lowest BCUT2D eigenvalue weighted by Gasteiger charge is -2.28. The van der Waals surface area contributed by atoms with Crippen LogP contribution in [0.4, 0.5) is 0 Å². The van der Waals surface area contributed by atoms with Gasteiger partial charge in [-0.2, -0.15) is 0 Å². The van der Waals surface area contributed by atoms with E-state index in [1.54, 1.807) is 0 Å². The first-order valence-corrected chi connectivity index (χ1v) is 7.54. The number of halogens is 2. The van der Waals surface area contributed by atoms with Gasteiger partial charge in [0.05, 0.1) is 11.8 Å². The average molecular weight is 351 g/mol. The lowest BCUT2D eigenvalue weighted by Crippen LogP contribution is -2.37. The first-order chi connectivity index (χ1) is 7.57. The molecule has 16 heavy (non-hydrogen) atoms. The fraction of sp³-hybridized carbons (Fsp3) is 0.818. The van der Waals surface area contributed by atoms with Crippen molar-refractivity contribution in [2.75, 3.05) is 6.54 Å². The van der Waals surface area contributed by atoms with Crippen molar-refractivity contribution in [1.82, 2.24) is 4.90 Å². The van der Waals surface area contributed by atoms with Crippen LogP contribution < -0.4 is 0 Å². The predicted molar refractivity (Wildman–Crippen MR) is 66.4 cm³/mol. The molecule has 88 valence electrons. The van der Waals surface area contributed by atoms with Gasteiger partial charge in [0.15, 0.2) is 0 Å². The van der Waals surface area contributed by atoms with Gasteiger partial charge in [-0.25, -0.2) is 0 Å². The molecule has 3 rings (SSSR count). The molecule has 0 aromatic rings. The summed E-state index contributed by atoms with van der Waals surface area (Å²) in [6.45, 7) is 2.39. The number of carbonyl (C=O) groups excluding carboxylic acids is 2. The van der Waals surface area contributed by atoms with Crippen molar-refractivity contribution < 1.29 is 9.59 Å². The summed E-state index contributed by atoms with van der Waals surface area (Å²) < 4.78 is 0. The summed E-state index contributed by atoms with van der Waals surface area (Å²) in [5.74, 6) is 0.716. The Balaban J connectivity index is 1.99. The molecule has 0 spiro atoms. The predicted octanol–water partition coefficient (Wildman–Crippen LogP) is 1.78. The van der Waals surface area contributed by atoms with Crippen LogP contribution in [-0.4, -0.2) is 32.9 Å². The van der Waals surface area contributed by atoms with Crippen molar-refractivity contribution in [3.8, 4) is 0 Å². The molecule has 2 amide bonds. The van der Waals surface area contributed by atoms with Gasteiger partial charge < -0.3 is 0 Å². The summed E-state index contributed by atoms with van der Waals surface area (Å²) in [7, 11) is 0. The minimum absolute atomic E-state index is 0.0457. The highest BCUT2D eigenvalue weighted by Crippen LogP contribution is 2.60. The molecule has 1 aliphatic heterocycles. The van der Waals surface area contributed by atoms with Crippen LogP contribution in [0.1, 0.15) is 13.3 Å². The Hall–Kier alpha value is 0.1000. The van der Waals surface area contributed by atoms with Crippen LogP contribution in [0.2, 0.25) is 0 Å². The van der Waals surface area contributed by atoms with Crippen molar-refractivity contribution in [3.05, 3.63) is 0 Å². The maximum atomic E-state index is 12.1. The Kier molecular flexibility index (Phi) is 2.48. The SMILES string of the molecule is CCN1C(=O)C2C3CC(C(Br)C3Br)C2C1=O. The molecule has 6 unspecified atom stereocenters. The maximum Gasteiger partial charge on any atom is 0.233 e. The van der Waals surface area contributed by atoms with E-state index < -0.39 is 0 Å². The number of nitrogens with zero attached hydrogens (tertiary/aromatic N) is 1. The summed E-state index contributed by atoms with van der Waals surface area (Å²) in [5, 5.41) is 0. The van der Waals surface area contributed by atoms with Gasteiger partial charge in [0.25, 0.3) is 0 Å². The molecule has 5 heteroatoms. The molecule has 2 saturated carbocycles. The third kappa shape index (κ3) is 1.14. The Morgan fingerprint density at radius 1 is 1.12 bits per heavy atom. The van der Waals surface area contributed by atoms with Gasteiger partial charge in [-0.3, -0.25) is 14.5 Å². The van der Waals surface area contributed by atoms with E-state index in [1.165, 1.54) is 4.90 Å². The lowest BCUT2D eigenvalue weighted by molar-refractivity contribution is -0.140. The molecule has 0 radical (unpaired) electrons. The number of alkyl halides is 2. The number of imide groups is 1. The number of fused-ring (bicyclic) bond motifs is 5. The third-order valence-corrected chi connectivity index (χ3v) is 7.60. The van der Waals surface area contributed by atoms with E-state index in [0.717, 1.165) is 6.42 Å². The zero-order valence-electron chi connectivity index (χ0n) is 8.90. The van der Waals surface area contributed by atoms with E-state index in [1.807, 2.05) is 6.92 Å². The first-order valence-electron chi connectivity index (χ1n) is 5.71. The molecule has 6 atom stereocenters. The molecule has 1 saturated heterocycles. The summed E-state index contributed by atoms with van der Waals surface area (Å²) in [6, 6.07) is 0. The molecule has 2 aliphatic carbocycles. The molecule has 3 aliphatic rings. The van der Waals surface area contributed by atoms with Gasteiger partial charge in [-0.15, -0.1) is 0 Å². The van der Waals surface area contributed by atoms with Crippen molar-refractivity contribution in [3.63, 3.8) is 0 Å². The molecule has 1 heterocycles. The second-order valence-electron chi connectivity index (χ2n) is 4.92. The Morgan fingerprint density at radius 2 is 1.56 bits per heavy atom. The monoisotopic (exact) mass is 349 g/mol. The molecule has 3 fully saturated rings. The Bertz CT molecular complexity index is 341. The number of rotatable bonds is 1. The molecule has 0 aromatic carbocycles. The molecular weight excluding hydrogens is 338 g/mol. The van der Waals surface area contributed by atoms with E-state index >= 15 is 0 Å². The highest BCUT2D eigenvalue weighted by molar-refractivity contribution is 9.12. The van der Waals surface area contributed by atoms with Crippen molar-refractivity contribution in [2.45, 2.75) is 23.0 Å². The minimum atomic E-state index is -0.0457. The van der Waals surface area contributed by atoms with E-state index in [4.69, 9.17) is 0 Å². The van der Waals surface area contributed by atoms with Gasteiger partial charge in [0, 0.05) is 16.2 Å². The number of amides is 2. The van der Waals surface area contributed by atoms with Crippen LogP contribution in [0, 0.1) is 23.7 Å². The lowest BCUT2D eigenvalue weighted by atomic mass is 9.81. The van der Waals surface area contributed by atoms with Crippen LogP contribution in [0.25, 0.3) is 0 Å². The highest BCUT2D eigenvalue weighted by Gasteiger charge is 2.65. The summed E-state index contributed by atoms with van der Waals surface area (Å²) in [4.78, 5) is 26.4. The van der Waals surface area contributed by atoms with Gasteiger partial charge in [-0.05, 0) is 25.2 Å². The normalized spacial score (nSPS) is 50.3. The quantitative estimate of drug-likeness (QED) is 0.534. The first kappa shape index (κ1) is 11.2. The highest BCUT2D eigenvalue weighted by atomic mass is 79.9. The molecular formula is C11H13Br2NO2.